The lowest BCUT2D eigenvalue weighted by Gasteiger charge is -2.28. The van der Waals surface area contributed by atoms with Gasteiger partial charge in [0.2, 0.25) is 11.8 Å². The highest BCUT2D eigenvalue weighted by molar-refractivity contribution is 6.12. The zero-order chi connectivity index (χ0) is 23.0. The molecule has 0 aliphatic heterocycles. The summed E-state index contributed by atoms with van der Waals surface area (Å²) in [5.41, 5.74) is 5.28. The van der Waals surface area contributed by atoms with Gasteiger partial charge in [0.25, 0.3) is 0 Å². The molecule has 2 amide bonds. The van der Waals surface area contributed by atoms with Gasteiger partial charge in [-0.25, -0.2) is 9.88 Å². The van der Waals surface area contributed by atoms with Crippen molar-refractivity contribution in [2.75, 3.05) is 4.90 Å². The fraction of sp³-hybridized carbons (Fsp3) is 0.308. The molecule has 1 N–H and O–H groups in total. The topological polar surface area (TPSA) is 83.1 Å². The number of imide groups is 1. The Morgan fingerprint density at radius 3 is 2.41 bits per heavy atom. The number of carbonyl (C=O) groups is 3. The van der Waals surface area contributed by atoms with Crippen molar-refractivity contribution in [2.24, 2.45) is 5.41 Å². The van der Waals surface area contributed by atoms with Crippen LogP contribution in [0.2, 0.25) is 0 Å². The van der Waals surface area contributed by atoms with Crippen molar-refractivity contribution in [3.05, 3.63) is 71.0 Å². The number of amides is 2. The van der Waals surface area contributed by atoms with Gasteiger partial charge in [0, 0.05) is 49.7 Å². The van der Waals surface area contributed by atoms with Crippen LogP contribution in [0.1, 0.15) is 61.3 Å². The predicted octanol–water partition coefficient (Wildman–Crippen LogP) is 4.72. The summed E-state index contributed by atoms with van der Waals surface area (Å²) >= 11 is 0. The Hall–Kier alpha value is -3.54. The summed E-state index contributed by atoms with van der Waals surface area (Å²) in [7, 11) is 0. The Kier molecular flexibility index (Phi) is 5.55. The van der Waals surface area contributed by atoms with Crippen molar-refractivity contribution in [3.63, 3.8) is 0 Å². The third-order valence-corrected chi connectivity index (χ3v) is 5.87. The monoisotopic (exact) mass is 429 g/mol. The maximum atomic E-state index is 13.2. The van der Waals surface area contributed by atoms with Crippen LogP contribution in [0.4, 0.5) is 5.82 Å². The Labute approximate surface area is 187 Å². The van der Waals surface area contributed by atoms with Crippen LogP contribution in [0.25, 0.3) is 11.3 Å². The molecular weight excluding hydrogens is 402 g/mol. The van der Waals surface area contributed by atoms with Crippen molar-refractivity contribution in [1.82, 2.24) is 9.97 Å². The highest BCUT2D eigenvalue weighted by Gasteiger charge is 2.35. The molecule has 3 aromatic rings. The van der Waals surface area contributed by atoms with Crippen molar-refractivity contribution >= 4 is 23.4 Å². The van der Waals surface area contributed by atoms with E-state index in [-0.39, 0.29) is 17.0 Å². The number of aromatic nitrogens is 2. The van der Waals surface area contributed by atoms with Crippen LogP contribution in [0, 0.1) is 5.41 Å². The lowest BCUT2D eigenvalue weighted by Crippen LogP contribution is -2.33. The summed E-state index contributed by atoms with van der Waals surface area (Å²) in [6, 6.07) is 13.6. The minimum atomic E-state index is -0.394. The van der Waals surface area contributed by atoms with Gasteiger partial charge in [-0.2, -0.15) is 0 Å². The summed E-state index contributed by atoms with van der Waals surface area (Å²) < 4.78 is 0. The summed E-state index contributed by atoms with van der Waals surface area (Å²) in [6.45, 7) is 6.89. The smallest absolute Gasteiger partial charge is 0.231 e. The quantitative estimate of drug-likeness (QED) is 0.650. The molecule has 0 saturated heterocycles. The molecule has 0 bridgehead atoms. The molecule has 1 aliphatic carbocycles. The Morgan fingerprint density at radius 2 is 1.75 bits per heavy atom. The van der Waals surface area contributed by atoms with E-state index < -0.39 is 11.8 Å². The van der Waals surface area contributed by atoms with Gasteiger partial charge in [-0.15, -0.1) is 0 Å². The zero-order valence-electron chi connectivity index (χ0n) is 18.9. The van der Waals surface area contributed by atoms with E-state index in [1.54, 1.807) is 12.3 Å². The van der Waals surface area contributed by atoms with Crippen LogP contribution >= 0.6 is 0 Å². The molecule has 0 radical (unpaired) electrons. The average Bonchev–Trinajstić information content (AvgIpc) is 3.05. The molecule has 2 aromatic heterocycles. The molecule has 4 rings (SSSR count). The summed E-state index contributed by atoms with van der Waals surface area (Å²) in [4.78, 5) is 46.0. The average molecular weight is 430 g/mol. The van der Waals surface area contributed by atoms with E-state index in [0.717, 1.165) is 45.0 Å². The molecule has 0 saturated carbocycles. The third-order valence-electron chi connectivity index (χ3n) is 5.87. The molecule has 2 heterocycles. The first-order valence-electron chi connectivity index (χ1n) is 10.7. The predicted molar refractivity (Wildman–Crippen MR) is 124 cm³/mol. The second-order valence-corrected chi connectivity index (χ2v) is 9.21. The Morgan fingerprint density at radius 1 is 1.06 bits per heavy atom. The maximum Gasteiger partial charge on any atom is 0.231 e. The number of pyridine rings is 1. The fourth-order valence-electron chi connectivity index (χ4n) is 4.59. The number of nitrogens with one attached hydrogen (secondary N) is 1. The van der Waals surface area contributed by atoms with Crippen LogP contribution in [0.15, 0.2) is 48.7 Å². The number of H-pyrrole nitrogens is 1. The lowest BCUT2D eigenvalue weighted by atomic mass is 9.75. The van der Waals surface area contributed by atoms with Crippen LogP contribution in [-0.2, 0) is 22.4 Å². The van der Waals surface area contributed by atoms with Gasteiger partial charge in [0.15, 0.2) is 5.78 Å². The minimum Gasteiger partial charge on any atom is -0.358 e. The summed E-state index contributed by atoms with van der Waals surface area (Å²) in [5, 5.41) is 0. The largest absolute Gasteiger partial charge is 0.358 e. The second kappa shape index (κ2) is 8.19. The number of carbonyl (C=O) groups excluding carboxylic acids is 3. The van der Waals surface area contributed by atoms with Crippen molar-refractivity contribution in [1.29, 1.82) is 0 Å². The molecule has 0 fully saturated rings. The molecule has 0 unspecified atom stereocenters. The number of hydrogen-bond acceptors (Lipinski definition) is 4. The van der Waals surface area contributed by atoms with Crippen molar-refractivity contribution in [2.45, 2.75) is 47.0 Å². The first-order valence-corrected chi connectivity index (χ1v) is 10.7. The lowest BCUT2D eigenvalue weighted by molar-refractivity contribution is -0.124. The van der Waals surface area contributed by atoms with E-state index in [4.69, 9.17) is 0 Å². The number of hydrogen-bond donors (Lipinski definition) is 1. The number of aromatic amines is 1. The number of benzene rings is 1. The Bertz CT molecular complexity index is 1190. The molecule has 0 spiro atoms. The van der Waals surface area contributed by atoms with Gasteiger partial charge in [-0.3, -0.25) is 14.4 Å². The van der Waals surface area contributed by atoms with Crippen molar-refractivity contribution < 1.29 is 14.4 Å². The van der Waals surface area contributed by atoms with Gasteiger partial charge in [-0.1, -0.05) is 44.2 Å². The molecule has 164 valence electrons. The van der Waals surface area contributed by atoms with E-state index in [0.29, 0.717) is 12.8 Å². The van der Waals surface area contributed by atoms with Crippen LogP contribution < -0.4 is 4.90 Å². The number of fused-ring (bicyclic) bond motifs is 1. The molecule has 1 aromatic carbocycles. The zero-order valence-corrected chi connectivity index (χ0v) is 18.9. The Balaban J connectivity index is 1.88. The highest BCUT2D eigenvalue weighted by Crippen LogP contribution is 2.40. The summed E-state index contributed by atoms with van der Waals surface area (Å²) in [5.74, 6) is -0.371. The molecule has 32 heavy (non-hydrogen) atoms. The van der Waals surface area contributed by atoms with Gasteiger partial charge in [-0.05, 0) is 35.1 Å². The van der Waals surface area contributed by atoms with E-state index in [1.807, 2.05) is 36.4 Å². The normalized spacial score (nSPS) is 14.7. The number of anilines is 1. The SMILES string of the molecule is CC(=O)N(C(C)=O)c1cc(-c2[nH]c3c(c2Cc2ccccc2)C(=O)CC(C)(C)C3)ccn1. The standard InChI is InChI=1S/C26H27N3O3/c1-16(30)29(17(2)31)23-13-19(10-11-27-23)25-20(12-18-8-6-5-7-9-18)24-21(28-25)14-26(3,4)15-22(24)32/h5-11,13,28H,12,14-15H2,1-4H3. The van der Waals surface area contributed by atoms with E-state index >= 15 is 0 Å². The first kappa shape index (κ1) is 21.7. The fourth-order valence-corrected chi connectivity index (χ4v) is 4.59. The van der Waals surface area contributed by atoms with Crippen LogP contribution in [0.3, 0.4) is 0 Å². The first-order chi connectivity index (χ1) is 15.2. The minimum absolute atomic E-state index is 0.111. The number of nitrogens with zero attached hydrogens (tertiary/aromatic N) is 2. The van der Waals surface area contributed by atoms with Crippen molar-refractivity contribution in [3.8, 4) is 11.3 Å². The summed E-state index contributed by atoms with van der Waals surface area (Å²) in [6.07, 6.45) is 3.47. The number of ketones is 1. The van der Waals surface area contributed by atoms with Gasteiger partial charge in [0.05, 0.1) is 5.69 Å². The molecule has 6 nitrogen and oxygen atoms in total. The third kappa shape index (κ3) is 4.13. The number of rotatable bonds is 4. The highest BCUT2D eigenvalue weighted by atomic mass is 16.2. The maximum absolute atomic E-state index is 13.2. The van der Waals surface area contributed by atoms with Gasteiger partial charge >= 0.3 is 0 Å². The molecular formula is C26H27N3O3. The molecule has 6 heteroatoms. The van der Waals surface area contributed by atoms with Gasteiger partial charge < -0.3 is 4.98 Å². The second-order valence-electron chi connectivity index (χ2n) is 9.21. The van der Waals surface area contributed by atoms with Crippen LogP contribution in [-0.4, -0.2) is 27.6 Å². The van der Waals surface area contributed by atoms with Crippen LogP contribution in [0.5, 0.6) is 0 Å². The molecule has 1 aliphatic rings. The van der Waals surface area contributed by atoms with E-state index in [1.165, 1.54) is 13.8 Å². The number of Topliss-reactive ketones (excluding diaryl/α,β-unsaturated/α-hetero) is 1. The van der Waals surface area contributed by atoms with E-state index in [2.05, 4.69) is 23.8 Å². The molecule has 0 atom stereocenters. The van der Waals surface area contributed by atoms with E-state index in [9.17, 15) is 14.4 Å². The van der Waals surface area contributed by atoms with Gasteiger partial charge in [0.1, 0.15) is 5.82 Å².